The van der Waals surface area contributed by atoms with Gasteiger partial charge in [0, 0.05) is 20.1 Å². The number of carbonyl (C=O) groups excluding carboxylic acids is 2. The van der Waals surface area contributed by atoms with Gasteiger partial charge in [0.05, 0.1) is 0 Å². The van der Waals surface area contributed by atoms with Crippen LogP contribution in [-0.4, -0.2) is 13.6 Å². The topological polar surface area (TPSA) is 34.1 Å². The van der Waals surface area contributed by atoms with Gasteiger partial charge >= 0.3 is 0 Å². The van der Waals surface area contributed by atoms with Crippen LogP contribution in [0.4, 0.5) is 0 Å². The third kappa shape index (κ3) is 6.93. The Morgan fingerprint density at radius 2 is 1.71 bits per heavy atom. The van der Waals surface area contributed by atoms with Gasteiger partial charge in [0.1, 0.15) is 13.6 Å². The molecule has 0 aromatic rings. The Bertz CT molecular complexity index is 166. The molecule has 0 aliphatic heterocycles. The van der Waals surface area contributed by atoms with Crippen molar-refractivity contribution in [2.24, 2.45) is 0 Å². The minimum absolute atomic E-state index is 0. The molecule has 0 unspecified atom stereocenters. The molecule has 0 saturated carbocycles. The molecule has 1 aliphatic carbocycles. The van der Waals surface area contributed by atoms with Crippen molar-refractivity contribution in [1.82, 2.24) is 0 Å². The zero-order valence-electron chi connectivity index (χ0n) is 8.76. The molecule has 0 spiro atoms. The van der Waals surface area contributed by atoms with Crippen molar-refractivity contribution in [3.8, 4) is 0 Å². The fraction of sp³-hybridized carbons (Fsp3) is 0.455. The Balaban J connectivity index is -0.000000216. The molecule has 0 aromatic carbocycles. The SMILES string of the molecule is C=O.C=O.CCC1=[C-]CC=C1CC.[Ir]. The van der Waals surface area contributed by atoms with Crippen LogP contribution in [0.2, 0.25) is 0 Å². The second kappa shape index (κ2) is 15.0. The van der Waals surface area contributed by atoms with Gasteiger partial charge in [0.25, 0.3) is 0 Å². The van der Waals surface area contributed by atoms with Crippen LogP contribution in [0.3, 0.4) is 0 Å². The second-order valence-electron chi connectivity index (χ2n) is 2.30. The van der Waals surface area contributed by atoms with Gasteiger partial charge in [-0.25, -0.2) is 5.57 Å². The van der Waals surface area contributed by atoms with Gasteiger partial charge in [-0.3, -0.25) is 6.08 Å². The number of hydrogen-bond donors (Lipinski definition) is 0. The molecule has 1 rings (SSSR count). The van der Waals surface area contributed by atoms with Crippen molar-refractivity contribution in [1.29, 1.82) is 0 Å². The maximum atomic E-state index is 8.00. The summed E-state index contributed by atoms with van der Waals surface area (Å²) in [6, 6.07) is 0. The van der Waals surface area contributed by atoms with Crippen LogP contribution in [-0.2, 0) is 29.7 Å². The molecule has 0 bridgehead atoms. The van der Waals surface area contributed by atoms with E-state index in [4.69, 9.17) is 9.59 Å². The Morgan fingerprint density at radius 3 is 2.00 bits per heavy atom. The maximum absolute atomic E-state index is 8.00. The molecular formula is C11H17IrO2-. The summed E-state index contributed by atoms with van der Waals surface area (Å²) in [6.07, 6.45) is 8.99. The minimum Gasteiger partial charge on any atom is -0.307 e. The number of carbonyl (C=O) groups is 2. The Hall–Kier alpha value is -0.531. The van der Waals surface area contributed by atoms with Crippen molar-refractivity contribution in [3.63, 3.8) is 0 Å². The molecule has 0 aromatic heterocycles. The van der Waals surface area contributed by atoms with Crippen LogP contribution in [0, 0.1) is 6.08 Å². The normalized spacial score (nSPS) is 11.9. The van der Waals surface area contributed by atoms with Crippen LogP contribution in [0.5, 0.6) is 0 Å². The fourth-order valence-corrected chi connectivity index (χ4v) is 1.24. The first-order valence-electron chi connectivity index (χ1n) is 4.25. The summed E-state index contributed by atoms with van der Waals surface area (Å²) in [5, 5.41) is 0. The molecule has 1 radical (unpaired) electrons. The maximum Gasteiger partial charge on any atom is 0.106 e. The van der Waals surface area contributed by atoms with Crippen molar-refractivity contribution in [2.75, 3.05) is 0 Å². The van der Waals surface area contributed by atoms with Crippen LogP contribution in [0.1, 0.15) is 33.1 Å². The van der Waals surface area contributed by atoms with Gasteiger partial charge in [-0.05, 0) is 0 Å². The summed E-state index contributed by atoms with van der Waals surface area (Å²) in [5.41, 5.74) is 2.95. The Kier molecular flexibility index (Phi) is 20.4. The smallest absolute Gasteiger partial charge is 0.106 e. The molecule has 83 valence electrons. The van der Waals surface area contributed by atoms with Crippen molar-refractivity contribution in [3.05, 3.63) is 23.3 Å². The van der Waals surface area contributed by atoms with Crippen LogP contribution in [0.25, 0.3) is 0 Å². The van der Waals surface area contributed by atoms with Gasteiger partial charge in [-0.15, -0.1) is 6.42 Å². The van der Waals surface area contributed by atoms with E-state index >= 15 is 0 Å². The molecule has 0 saturated heterocycles. The predicted molar refractivity (Wildman–Crippen MR) is 54.3 cm³/mol. The van der Waals surface area contributed by atoms with Gasteiger partial charge in [-0.1, -0.05) is 26.7 Å². The molecule has 2 nitrogen and oxygen atoms in total. The molecule has 0 fully saturated rings. The van der Waals surface area contributed by atoms with E-state index in [9.17, 15) is 0 Å². The summed E-state index contributed by atoms with van der Waals surface area (Å²) in [5.74, 6) is 0. The van der Waals surface area contributed by atoms with Gasteiger partial charge in [0.2, 0.25) is 0 Å². The van der Waals surface area contributed by atoms with Crippen molar-refractivity contribution < 1.29 is 29.7 Å². The zero-order chi connectivity index (χ0) is 10.7. The van der Waals surface area contributed by atoms with E-state index in [0.717, 1.165) is 12.8 Å². The molecule has 3 heteroatoms. The van der Waals surface area contributed by atoms with E-state index in [1.54, 1.807) is 0 Å². The van der Waals surface area contributed by atoms with Gasteiger partial charge < -0.3 is 9.59 Å². The summed E-state index contributed by atoms with van der Waals surface area (Å²) in [6.45, 7) is 8.39. The average molecular weight is 373 g/mol. The molecule has 0 amide bonds. The molecule has 14 heavy (non-hydrogen) atoms. The Morgan fingerprint density at radius 1 is 1.21 bits per heavy atom. The summed E-state index contributed by atoms with van der Waals surface area (Å²) >= 11 is 0. The molecular weight excluding hydrogens is 356 g/mol. The number of allylic oxidation sites excluding steroid dienone is 4. The van der Waals surface area contributed by atoms with Crippen molar-refractivity contribution >= 4 is 13.6 Å². The van der Waals surface area contributed by atoms with E-state index in [1.165, 1.54) is 17.6 Å². The van der Waals surface area contributed by atoms with Gasteiger partial charge in [-0.2, -0.15) is 11.6 Å². The second-order valence-corrected chi connectivity index (χ2v) is 2.30. The average Bonchev–Trinajstić information content (AvgIpc) is 2.70. The zero-order valence-corrected chi connectivity index (χ0v) is 11.2. The van der Waals surface area contributed by atoms with E-state index in [0.29, 0.717) is 0 Å². The van der Waals surface area contributed by atoms with Crippen LogP contribution in [0.15, 0.2) is 17.2 Å². The first-order valence-corrected chi connectivity index (χ1v) is 4.25. The Labute approximate surface area is 99.8 Å². The van der Waals surface area contributed by atoms with E-state index in [2.05, 4.69) is 26.0 Å². The molecule has 0 atom stereocenters. The largest absolute Gasteiger partial charge is 0.307 e. The third-order valence-electron chi connectivity index (χ3n) is 1.79. The fourth-order valence-electron chi connectivity index (χ4n) is 1.24. The first kappa shape index (κ1) is 19.1. The summed E-state index contributed by atoms with van der Waals surface area (Å²) in [4.78, 5) is 16.0. The number of hydrogen-bond acceptors (Lipinski definition) is 2. The first-order chi connectivity index (χ1) is 6.38. The molecule has 0 N–H and O–H groups in total. The van der Waals surface area contributed by atoms with E-state index in [1.807, 2.05) is 13.6 Å². The number of rotatable bonds is 2. The van der Waals surface area contributed by atoms with Gasteiger partial charge in [0.15, 0.2) is 0 Å². The minimum atomic E-state index is 0. The van der Waals surface area contributed by atoms with Crippen LogP contribution < -0.4 is 0 Å². The van der Waals surface area contributed by atoms with E-state index < -0.39 is 0 Å². The van der Waals surface area contributed by atoms with E-state index in [-0.39, 0.29) is 20.1 Å². The monoisotopic (exact) mass is 374 g/mol. The predicted octanol–water partition coefficient (Wildman–Crippen LogP) is 2.49. The van der Waals surface area contributed by atoms with Crippen LogP contribution >= 0.6 is 0 Å². The quantitative estimate of drug-likeness (QED) is 0.697. The molecule has 1 aliphatic rings. The summed E-state index contributed by atoms with van der Waals surface area (Å²) < 4.78 is 0. The molecule has 0 heterocycles. The van der Waals surface area contributed by atoms with Crippen molar-refractivity contribution in [2.45, 2.75) is 33.1 Å². The standard InChI is InChI=1S/C9H13.2CH2O.Ir/c1-3-8-6-5-7-9(8)4-2;2*1-2;/h6H,3-5H2,1-2H3;2*1H2;/q-1;;;. The third-order valence-corrected chi connectivity index (χ3v) is 1.79. The summed E-state index contributed by atoms with van der Waals surface area (Å²) in [7, 11) is 0.